The van der Waals surface area contributed by atoms with Gasteiger partial charge in [0.05, 0.1) is 22.2 Å². The standard InChI is InChI=1S/C19H14N6/c1-11-8-12(10-20-9-11)13-6-7-16-17(21-13)18(25-24-16)19-22-14-4-2-3-5-15(14)23-19/h2-10H,1H3,(H,22,23)(H,24,25). The van der Waals surface area contributed by atoms with Crippen molar-refractivity contribution in [1.82, 2.24) is 30.1 Å². The van der Waals surface area contributed by atoms with Crippen LogP contribution in [-0.4, -0.2) is 30.1 Å². The molecule has 0 spiro atoms. The Morgan fingerprint density at radius 2 is 1.84 bits per heavy atom. The zero-order valence-corrected chi connectivity index (χ0v) is 13.5. The molecule has 4 aromatic heterocycles. The summed E-state index contributed by atoms with van der Waals surface area (Å²) in [7, 11) is 0. The predicted molar refractivity (Wildman–Crippen MR) is 96.9 cm³/mol. The highest BCUT2D eigenvalue weighted by Crippen LogP contribution is 2.27. The van der Waals surface area contributed by atoms with Crippen molar-refractivity contribution in [2.45, 2.75) is 6.92 Å². The fourth-order valence-corrected chi connectivity index (χ4v) is 2.98. The maximum Gasteiger partial charge on any atom is 0.161 e. The highest BCUT2D eigenvalue weighted by molar-refractivity contribution is 5.91. The molecule has 0 radical (unpaired) electrons. The van der Waals surface area contributed by atoms with E-state index in [0.717, 1.165) is 38.9 Å². The number of rotatable bonds is 2. The number of H-pyrrole nitrogens is 2. The normalized spacial score (nSPS) is 11.4. The molecule has 0 amide bonds. The number of nitrogens with one attached hydrogen (secondary N) is 2. The lowest BCUT2D eigenvalue weighted by Gasteiger charge is -2.02. The van der Waals surface area contributed by atoms with Gasteiger partial charge in [0, 0.05) is 18.0 Å². The quantitative estimate of drug-likeness (QED) is 0.516. The molecule has 5 rings (SSSR count). The lowest BCUT2D eigenvalue weighted by Crippen LogP contribution is -1.88. The number of hydrogen-bond acceptors (Lipinski definition) is 4. The predicted octanol–water partition coefficient (Wildman–Crippen LogP) is 3.87. The number of aryl methyl sites for hydroxylation is 1. The van der Waals surface area contributed by atoms with E-state index in [-0.39, 0.29) is 0 Å². The van der Waals surface area contributed by atoms with Crippen LogP contribution in [0.4, 0.5) is 0 Å². The van der Waals surface area contributed by atoms with E-state index < -0.39 is 0 Å². The molecule has 0 bridgehead atoms. The van der Waals surface area contributed by atoms with Crippen molar-refractivity contribution in [2.24, 2.45) is 0 Å². The zero-order chi connectivity index (χ0) is 16.8. The Morgan fingerprint density at radius 3 is 2.72 bits per heavy atom. The maximum atomic E-state index is 4.80. The van der Waals surface area contributed by atoms with Gasteiger partial charge in [0.15, 0.2) is 11.5 Å². The molecular formula is C19H14N6. The van der Waals surface area contributed by atoms with Gasteiger partial charge in [-0.3, -0.25) is 10.1 Å². The summed E-state index contributed by atoms with van der Waals surface area (Å²) in [6.45, 7) is 2.02. The van der Waals surface area contributed by atoms with Gasteiger partial charge in [-0.25, -0.2) is 9.97 Å². The van der Waals surface area contributed by atoms with Crippen molar-refractivity contribution in [3.63, 3.8) is 0 Å². The molecule has 0 fully saturated rings. The fourth-order valence-electron chi connectivity index (χ4n) is 2.98. The number of pyridine rings is 2. The second-order valence-electron chi connectivity index (χ2n) is 6.02. The van der Waals surface area contributed by atoms with Crippen molar-refractivity contribution in [3.05, 3.63) is 60.4 Å². The number of fused-ring (bicyclic) bond motifs is 2. The first-order valence-corrected chi connectivity index (χ1v) is 8.00. The molecule has 0 aliphatic heterocycles. The third-order valence-corrected chi connectivity index (χ3v) is 4.19. The van der Waals surface area contributed by atoms with Gasteiger partial charge in [0.2, 0.25) is 0 Å². The smallest absolute Gasteiger partial charge is 0.161 e. The van der Waals surface area contributed by atoms with Crippen LogP contribution in [0.25, 0.3) is 44.8 Å². The Kier molecular flexibility index (Phi) is 2.90. The van der Waals surface area contributed by atoms with Crippen molar-refractivity contribution in [3.8, 4) is 22.8 Å². The van der Waals surface area contributed by atoms with Crippen LogP contribution in [0.15, 0.2) is 54.9 Å². The van der Waals surface area contributed by atoms with Gasteiger partial charge in [-0.05, 0) is 42.8 Å². The van der Waals surface area contributed by atoms with Crippen LogP contribution < -0.4 is 0 Å². The molecule has 0 saturated carbocycles. The van der Waals surface area contributed by atoms with Crippen LogP contribution in [-0.2, 0) is 0 Å². The summed E-state index contributed by atoms with van der Waals surface area (Å²) in [4.78, 5) is 17.0. The topological polar surface area (TPSA) is 83.1 Å². The number of imidazole rings is 1. The van der Waals surface area contributed by atoms with Crippen molar-refractivity contribution in [1.29, 1.82) is 0 Å². The minimum atomic E-state index is 0.708. The average Bonchev–Trinajstić information content (AvgIpc) is 3.24. The van der Waals surface area contributed by atoms with Crippen LogP contribution in [0.3, 0.4) is 0 Å². The number of nitrogens with zero attached hydrogens (tertiary/aromatic N) is 4. The summed E-state index contributed by atoms with van der Waals surface area (Å²) >= 11 is 0. The van der Waals surface area contributed by atoms with Gasteiger partial charge >= 0.3 is 0 Å². The van der Waals surface area contributed by atoms with Crippen molar-refractivity contribution < 1.29 is 0 Å². The van der Waals surface area contributed by atoms with Crippen molar-refractivity contribution in [2.75, 3.05) is 0 Å². The summed E-state index contributed by atoms with van der Waals surface area (Å²) in [5.74, 6) is 0.708. The Hall–Kier alpha value is -3.54. The van der Waals surface area contributed by atoms with E-state index in [0.29, 0.717) is 11.5 Å². The summed E-state index contributed by atoms with van der Waals surface area (Å²) in [5.41, 5.74) is 7.22. The van der Waals surface area contributed by atoms with E-state index in [1.807, 2.05) is 55.7 Å². The molecule has 5 aromatic rings. The van der Waals surface area contributed by atoms with E-state index in [9.17, 15) is 0 Å². The average molecular weight is 326 g/mol. The van der Waals surface area contributed by atoms with Crippen LogP contribution in [0.5, 0.6) is 0 Å². The third kappa shape index (κ3) is 2.27. The fraction of sp³-hybridized carbons (Fsp3) is 0.0526. The summed E-state index contributed by atoms with van der Waals surface area (Å²) < 4.78 is 0. The minimum Gasteiger partial charge on any atom is -0.337 e. The Bertz CT molecular complexity index is 1180. The SMILES string of the molecule is Cc1cncc(-c2ccc3[nH]nc(-c4nc5ccccc5[nH]4)c3n2)c1. The van der Waals surface area contributed by atoms with Gasteiger partial charge < -0.3 is 4.98 Å². The molecule has 0 aliphatic rings. The third-order valence-electron chi connectivity index (χ3n) is 4.19. The number of hydrogen-bond donors (Lipinski definition) is 2. The molecule has 0 atom stereocenters. The number of para-hydroxylation sites is 2. The van der Waals surface area contributed by atoms with Crippen LogP contribution >= 0.6 is 0 Å². The molecule has 120 valence electrons. The molecule has 0 unspecified atom stereocenters. The molecule has 1 aromatic carbocycles. The molecule has 4 heterocycles. The number of aromatic nitrogens is 6. The molecular weight excluding hydrogens is 312 g/mol. The van der Waals surface area contributed by atoms with Crippen molar-refractivity contribution >= 4 is 22.1 Å². The van der Waals surface area contributed by atoms with Crippen LogP contribution in [0.1, 0.15) is 5.56 Å². The van der Waals surface area contributed by atoms with Gasteiger partial charge in [-0.15, -0.1) is 0 Å². The lowest BCUT2D eigenvalue weighted by molar-refractivity contribution is 1.10. The van der Waals surface area contributed by atoms with E-state index in [2.05, 4.69) is 31.2 Å². The lowest BCUT2D eigenvalue weighted by atomic mass is 10.1. The second-order valence-corrected chi connectivity index (χ2v) is 6.02. The molecule has 0 saturated heterocycles. The maximum absolute atomic E-state index is 4.80. The Morgan fingerprint density at radius 1 is 0.920 bits per heavy atom. The second kappa shape index (κ2) is 5.24. The highest BCUT2D eigenvalue weighted by atomic mass is 15.1. The first-order valence-electron chi connectivity index (χ1n) is 8.00. The molecule has 6 heteroatoms. The first kappa shape index (κ1) is 13.9. The summed E-state index contributed by atoms with van der Waals surface area (Å²) in [6.07, 6.45) is 3.65. The monoisotopic (exact) mass is 326 g/mol. The molecule has 0 aliphatic carbocycles. The number of benzene rings is 1. The van der Waals surface area contributed by atoms with Crippen LogP contribution in [0, 0.1) is 6.92 Å². The van der Waals surface area contributed by atoms with Gasteiger partial charge in [-0.2, -0.15) is 5.10 Å². The van der Waals surface area contributed by atoms with E-state index in [4.69, 9.17) is 4.98 Å². The van der Waals surface area contributed by atoms with Gasteiger partial charge in [-0.1, -0.05) is 12.1 Å². The number of aromatic amines is 2. The molecule has 2 N–H and O–H groups in total. The van der Waals surface area contributed by atoms with E-state index >= 15 is 0 Å². The van der Waals surface area contributed by atoms with Crippen LogP contribution in [0.2, 0.25) is 0 Å². The van der Waals surface area contributed by atoms with Gasteiger partial charge in [0.25, 0.3) is 0 Å². The van der Waals surface area contributed by atoms with Gasteiger partial charge in [0.1, 0.15) is 5.52 Å². The highest BCUT2D eigenvalue weighted by Gasteiger charge is 2.14. The largest absolute Gasteiger partial charge is 0.337 e. The summed E-state index contributed by atoms with van der Waals surface area (Å²) in [5, 5.41) is 7.45. The Labute approximate surface area is 143 Å². The Balaban J connectivity index is 1.70. The zero-order valence-electron chi connectivity index (χ0n) is 13.5. The van der Waals surface area contributed by atoms with E-state index in [1.54, 1.807) is 0 Å². The molecule has 25 heavy (non-hydrogen) atoms. The first-order chi connectivity index (χ1) is 12.3. The summed E-state index contributed by atoms with van der Waals surface area (Å²) in [6, 6.07) is 13.9. The minimum absolute atomic E-state index is 0.708. The van der Waals surface area contributed by atoms with E-state index in [1.165, 1.54) is 0 Å². The molecule has 6 nitrogen and oxygen atoms in total.